The third-order valence-corrected chi connectivity index (χ3v) is 5.20. The van der Waals surface area contributed by atoms with Crippen LogP contribution in [-0.4, -0.2) is 48.2 Å². The van der Waals surface area contributed by atoms with E-state index in [1.165, 1.54) is 11.3 Å². The molecule has 1 aliphatic heterocycles. The number of β-amino-alcohol motifs (C(OH)–C–C–N with tert-alkyl or cyclic N) is 1. The normalized spacial score (nSPS) is 24.0. The first-order valence-corrected chi connectivity index (χ1v) is 7.51. The zero-order valence-corrected chi connectivity index (χ0v) is 13.1. The van der Waals surface area contributed by atoms with Crippen molar-refractivity contribution in [2.75, 3.05) is 20.1 Å². The molecule has 1 amide bonds. The SMILES string of the molecule is CN(C(=O)c1cc(Br)sc1Br)[C@H]1CNC[C@@H]1O. The first kappa shape index (κ1) is 13.5. The molecule has 1 aromatic heterocycles. The third kappa shape index (κ3) is 2.73. The summed E-state index contributed by atoms with van der Waals surface area (Å²) >= 11 is 8.19. The highest BCUT2D eigenvalue weighted by atomic mass is 79.9. The van der Waals surface area contributed by atoms with Crippen molar-refractivity contribution in [1.82, 2.24) is 10.2 Å². The van der Waals surface area contributed by atoms with Gasteiger partial charge in [0.05, 0.1) is 25.3 Å². The van der Waals surface area contributed by atoms with Crippen molar-refractivity contribution in [2.24, 2.45) is 0 Å². The quantitative estimate of drug-likeness (QED) is 0.816. The lowest BCUT2D eigenvalue weighted by Gasteiger charge is -2.26. The van der Waals surface area contributed by atoms with Gasteiger partial charge in [0.1, 0.15) is 0 Å². The fourth-order valence-corrected chi connectivity index (χ4v) is 4.65. The second-order valence-corrected chi connectivity index (χ2v) is 7.70. The van der Waals surface area contributed by atoms with Crippen molar-refractivity contribution < 1.29 is 9.90 Å². The maximum absolute atomic E-state index is 12.3. The fraction of sp³-hybridized carbons (Fsp3) is 0.500. The van der Waals surface area contributed by atoms with E-state index >= 15 is 0 Å². The number of amides is 1. The average Bonchev–Trinajstić information content (AvgIpc) is 2.82. The number of rotatable bonds is 2. The Labute approximate surface area is 120 Å². The van der Waals surface area contributed by atoms with Crippen LogP contribution in [0.1, 0.15) is 10.4 Å². The zero-order valence-electron chi connectivity index (χ0n) is 9.11. The molecule has 0 aromatic carbocycles. The van der Waals surface area contributed by atoms with Crippen molar-refractivity contribution in [3.8, 4) is 0 Å². The van der Waals surface area contributed by atoms with Gasteiger partial charge in [-0.1, -0.05) is 0 Å². The highest BCUT2D eigenvalue weighted by molar-refractivity contribution is 9.12. The van der Waals surface area contributed by atoms with Gasteiger partial charge in [-0.05, 0) is 37.9 Å². The molecule has 0 aliphatic carbocycles. The molecule has 2 atom stereocenters. The number of carbonyl (C=O) groups excluding carboxylic acids is 1. The molecule has 1 aliphatic rings. The van der Waals surface area contributed by atoms with E-state index in [-0.39, 0.29) is 11.9 Å². The molecule has 7 heteroatoms. The Balaban J connectivity index is 2.17. The minimum atomic E-state index is -0.496. The molecule has 17 heavy (non-hydrogen) atoms. The highest BCUT2D eigenvalue weighted by Gasteiger charge is 2.32. The number of thiophene rings is 1. The van der Waals surface area contributed by atoms with Gasteiger partial charge >= 0.3 is 0 Å². The summed E-state index contributed by atoms with van der Waals surface area (Å²) in [7, 11) is 1.72. The second kappa shape index (κ2) is 5.36. The standard InChI is InChI=1S/C10H12Br2N2O2S/c1-14(6-3-13-4-7(6)15)10(16)5-2-8(11)17-9(5)12/h2,6-7,13,15H,3-4H2,1H3/t6-,7-/m0/s1. The number of aliphatic hydroxyl groups excluding tert-OH is 1. The van der Waals surface area contributed by atoms with Crippen molar-refractivity contribution in [3.63, 3.8) is 0 Å². The van der Waals surface area contributed by atoms with Crippen LogP contribution in [0.3, 0.4) is 0 Å². The average molecular weight is 384 g/mol. The summed E-state index contributed by atoms with van der Waals surface area (Å²) < 4.78 is 1.72. The first-order chi connectivity index (χ1) is 8.00. The number of halogens is 2. The van der Waals surface area contributed by atoms with Crippen molar-refractivity contribution in [3.05, 3.63) is 19.2 Å². The topological polar surface area (TPSA) is 52.6 Å². The number of nitrogens with one attached hydrogen (secondary N) is 1. The van der Waals surface area contributed by atoms with Gasteiger partial charge in [-0.15, -0.1) is 11.3 Å². The van der Waals surface area contributed by atoms with E-state index in [4.69, 9.17) is 0 Å². The lowest BCUT2D eigenvalue weighted by Crippen LogP contribution is -2.44. The molecule has 1 aromatic rings. The summed E-state index contributed by atoms with van der Waals surface area (Å²) in [6, 6.07) is 1.63. The summed E-state index contributed by atoms with van der Waals surface area (Å²) in [5.74, 6) is -0.0772. The summed E-state index contributed by atoms with van der Waals surface area (Å²) in [6.45, 7) is 1.17. The van der Waals surface area contributed by atoms with Gasteiger partial charge in [0.2, 0.25) is 0 Å². The van der Waals surface area contributed by atoms with Crippen molar-refractivity contribution in [2.45, 2.75) is 12.1 Å². The van der Waals surface area contributed by atoms with Crippen molar-refractivity contribution in [1.29, 1.82) is 0 Å². The molecule has 0 radical (unpaired) electrons. The van der Waals surface area contributed by atoms with Gasteiger partial charge in [0.15, 0.2) is 0 Å². The van der Waals surface area contributed by atoms with Gasteiger partial charge in [-0.3, -0.25) is 4.79 Å². The lowest BCUT2D eigenvalue weighted by molar-refractivity contribution is 0.0581. The molecular formula is C10H12Br2N2O2S. The van der Waals surface area contributed by atoms with Crippen LogP contribution < -0.4 is 5.32 Å². The predicted molar refractivity (Wildman–Crippen MR) is 74.5 cm³/mol. The summed E-state index contributed by atoms with van der Waals surface area (Å²) in [5.41, 5.74) is 0.628. The van der Waals surface area contributed by atoms with Crippen LogP contribution in [0.2, 0.25) is 0 Å². The van der Waals surface area contributed by atoms with E-state index in [0.717, 1.165) is 7.57 Å². The van der Waals surface area contributed by atoms with E-state index in [2.05, 4.69) is 37.2 Å². The van der Waals surface area contributed by atoms with Crippen LogP contribution in [0.4, 0.5) is 0 Å². The van der Waals surface area contributed by atoms with E-state index < -0.39 is 6.10 Å². The minimum absolute atomic E-state index is 0.0772. The van der Waals surface area contributed by atoms with Crippen molar-refractivity contribution >= 4 is 49.1 Å². The van der Waals surface area contributed by atoms with E-state index in [9.17, 15) is 9.90 Å². The maximum atomic E-state index is 12.3. The molecule has 0 unspecified atom stereocenters. The largest absolute Gasteiger partial charge is 0.390 e. The van der Waals surface area contributed by atoms with Crippen LogP contribution in [0, 0.1) is 0 Å². The minimum Gasteiger partial charge on any atom is -0.390 e. The second-order valence-electron chi connectivity index (χ2n) is 3.95. The van der Waals surface area contributed by atoms with Crippen LogP contribution in [0.25, 0.3) is 0 Å². The number of aliphatic hydroxyl groups is 1. The van der Waals surface area contributed by atoms with E-state index in [1.54, 1.807) is 18.0 Å². The molecule has 2 N–H and O–H groups in total. The zero-order chi connectivity index (χ0) is 12.6. The highest BCUT2D eigenvalue weighted by Crippen LogP contribution is 2.32. The molecular weight excluding hydrogens is 372 g/mol. The van der Waals surface area contributed by atoms with Gasteiger partial charge in [0, 0.05) is 20.1 Å². The summed E-state index contributed by atoms with van der Waals surface area (Å²) in [5, 5.41) is 12.8. The predicted octanol–water partition coefficient (Wildman–Crippen LogP) is 1.68. The number of carbonyl (C=O) groups is 1. The van der Waals surface area contributed by atoms with Crippen LogP contribution in [0.15, 0.2) is 13.6 Å². The monoisotopic (exact) mass is 382 g/mol. The van der Waals surface area contributed by atoms with Gasteiger partial charge in [-0.25, -0.2) is 0 Å². The van der Waals surface area contributed by atoms with Gasteiger partial charge < -0.3 is 15.3 Å². The fourth-order valence-electron chi connectivity index (χ4n) is 1.87. The Morgan fingerprint density at radius 2 is 2.29 bits per heavy atom. The van der Waals surface area contributed by atoms with E-state index in [1.807, 2.05) is 0 Å². The number of hydrogen-bond acceptors (Lipinski definition) is 4. The van der Waals surface area contributed by atoms with Gasteiger partial charge in [0.25, 0.3) is 5.91 Å². The summed E-state index contributed by atoms with van der Waals surface area (Å²) in [6.07, 6.45) is -0.496. The molecule has 1 fully saturated rings. The smallest absolute Gasteiger partial charge is 0.256 e. The van der Waals surface area contributed by atoms with Crippen LogP contribution >= 0.6 is 43.2 Å². The molecule has 0 spiro atoms. The molecule has 4 nitrogen and oxygen atoms in total. The molecule has 0 bridgehead atoms. The molecule has 0 saturated carbocycles. The summed E-state index contributed by atoms with van der Waals surface area (Å²) in [4.78, 5) is 13.9. The Morgan fingerprint density at radius 1 is 1.59 bits per heavy atom. The Kier molecular flexibility index (Phi) is 4.25. The maximum Gasteiger partial charge on any atom is 0.256 e. The van der Waals surface area contributed by atoms with Gasteiger partial charge in [-0.2, -0.15) is 0 Å². The van der Waals surface area contributed by atoms with Crippen LogP contribution in [-0.2, 0) is 0 Å². The number of hydrogen-bond donors (Lipinski definition) is 2. The molecule has 1 saturated heterocycles. The van der Waals surface area contributed by atoms with Crippen LogP contribution in [0.5, 0.6) is 0 Å². The Hall–Kier alpha value is 0.0500. The Morgan fingerprint density at radius 3 is 2.76 bits per heavy atom. The molecule has 94 valence electrons. The molecule has 2 rings (SSSR count). The molecule has 2 heterocycles. The first-order valence-electron chi connectivity index (χ1n) is 5.11. The Bertz CT molecular complexity index is 438. The van der Waals surface area contributed by atoms with E-state index in [0.29, 0.717) is 18.7 Å². The number of likely N-dealkylation sites (N-methyl/N-ethyl adjacent to an activating group) is 1. The number of nitrogens with zero attached hydrogens (tertiary/aromatic N) is 1. The third-order valence-electron chi connectivity index (χ3n) is 2.86. The lowest BCUT2D eigenvalue weighted by atomic mass is 10.1.